The third kappa shape index (κ3) is 16.2. The number of rotatable bonds is 24. The number of hydrogen-bond acceptors (Lipinski definition) is 25. The van der Waals surface area contributed by atoms with Crippen LogP contribution in [0.5, 0.6) is 0 Å². The normalized spacial score (nSPS) is 34.1. The molecule has 0 aromatic rings. The fourth-order valence-electron chi connectivity index (χ4n) is 9.91. The first-order valence-electron chi connectivity index (χ1n) is 26.3. The highest BCUT2D eigenvalue weighted by molar-refractivity contribution is 5.97. The zero-order chi connectivity index (χ0) is 60.3. The van der Waals surface area contributed by atoms with E-state index in [9.17, 15) is 94.2 Å². The fraction of sp³-hybridized carbons (Fsp3) is 0.809. The molecule has 0 aliphatic carbocycles. The van der Waals surface area contributed by atoms with Crippen LogP contribution in [-0.2, 0) is 71.6 Å². The van der Waals surface area contributed by atoms with Crippen molar-refractivity contribution in [3.05, 3.63) is 0 Å². The van der Waals surface area contributed by atoms with Crippen LogP contribution >= 0.6 is 0 Å². The molecule has 5 aliphatic heterocycles. The highest BCUT2D eigenvalue weighted by atomic mass is 16.7. The third-order valence-corrected chi connectivity index (χ3v) is 14.4. The minimum absolute atomic E-state index is 0.0374. The molecule has 0 bridgehead atoms. The van der Waals surface area contributed by atoms with Crippen molar-refractivity contribution in [1.82, 2.24) is 41.7 Å². The van der Waals surface area contributed by atoms with Gasteiger partial charge in [0.1, 0.15) is 109 Å². The number of amides is 9. The molecule has 0 aromatic carbocycles. The maximum atomic E-state index is 14.5. The lowest BCUT2D eigenvalue weighted by Crippen LogP contribution is -2.69. The summed E-state index contributed by atoms with van der Waals surface area (Å²) >= 11 is 0. The summed E-state index contributed by atoms with van der Waals surface area (Å²) in [7, 11) is 0. The molecule has 22 atom stereocenters. The molecular weight excluding hydrogens is 1090 g/mol. The van der Waals surface area contributed by atoms with Crippen molar-refractivity contribution in [3.8, 4) is 0 Å². The number of carbonyl (C=O) groups is 9. The van der Waals surface area contributed by atoms with Crippen molar-refractivity contribution in [2.45, 2.75) is 195 Å². The lowest BCUT2D eigenvalue weighted by Gasteiger charge is -2.49. The predicted octanol–water partition coefficient (Wildman–Crippen LogP) is -11.4. The summed E-state index contributed by atoms with van der Waals surface area (Å²) in [5.74, 6) is -7.63. The molecule has 0 saturated carbocycles. The van der Waals surface area contributed by atoms with Crippen molar-refractivity contribution in [1.29, 1.82) is 0 Å². The largest absolute Gasteiger partial charge is 0.394 e. The summed E-state index contributed by atoms with van der Waals surface area (Å²) in [6.07, 6.45) is -27.2. The molecule has 5 saturated heterocycles. The molecule has 0 spiro atoms. The van der Waals surface area contributed by atoms with Crippen molar-refractivity contribution in [2.75, 3.05) is 46.1 Å². The van der Waals surface area contributed by atoms with Gasteiger partial charge < -0.3 is 127 Å². The van der Waals surface area contributed by atoms with E-state index in [0.29, 0.717) is 12.8 Å². The lowest BCUT2D eigenvalue weighted by atomic mass is 9.94. The van der Waals surface area contributed by atoms with Gasteiger partial charge in [0.25, 0.3) is 0 Å². The summed E-state index contributed by atoms with van der Waals surface area (Å²) in [5.41, 5.74) is 5.31. The maximum absolute atomic E-state index is 14.5. The van der Waals surface area contributed by atoms with Crippen molar-refractivity contribution >= 4 is 53.2 Å². The predicted molar refractivity (Wildman–Crippen MR) is 265 cm³/mol. The first kappa shape index (κ1) is 66.4. The van der Waals surface area contributed by atoms with Gasteiger partial charge in [0.2, 0.25) is 53.2 Å². The van der Waals surface area contributed by atoms with E-state index in [1.165, 1.54) is 30.6 Å². The number of hydrogen-bond donors (Lipinski definition) is 17. The number of aliphatic hydroxyl groups excluding tert-OH is 10. The number of nitrogens with two attached hydrogens (primary N) is 1. The fourth-order valence-corrected chi connectivity index (χ4v) is 9.91. The van der Waals surface area contributed by atoms with E-state index in [4.69, 9.17) is 34.2 Å². The number of primary amides is 1. The first-order chi connectivity index (χ1) is 38.2. The van der Waals surface area contributed by atoms with Gasteiger partial charge in [0, 0.05) is 26.9 Å². The van der Waals surface area contributed by atoms with Crippen LogP contribution in [0.4, 0.5) is 0 Å². The summed E-state index contributed by atoms with van der Waals surface area (Å²) < 4.78 is 34.8. The van der Waals surface area contributed by atoms with Gasteiger partial charge in [-0.05, 0) is 46.5 Å². The van der Waals surface area contributed by atoms with Crippen LogP contribution in [-0.4, -0.2) is 295 Å². The molecule has 5 rings (SSSR count). The minimum Gasteiger partial charge on any atom is -0.394 e. The average molecular weight is 1170 g/mol. The van der Waals surface area contributed by atoms with E-state index < -0.39 is 221 Å². The molecule has 5 fully saturated rings. The van der Waals surface area contributed by atoms with E-state index in [-0.39, 0.29) is 25.9 Å². The molecule has 0 radical (unpaired) electrons. The third-order valence-electron chi connectivity index (χ3n) is 14.4. The maximum Gasteiger partial charge on any atom is 0.246 e. The number of likely N-dealkylation sites (tertiary alicyclic amines) is 2. The van der Waals surface area contributed by atoms with Gasteiger partial charge in [0.05, 0.1) is 39.1 Å². The molecule has 0 aromatic heterocycles. The van der Waals surface area contributed by atoms with Crippen LogP contribution in [0.2, 0.25) is 0 Å². The zero-order valence-corrected chi connectivity index (χ0v) is 45.0. The molecular formula is C47H77N9O25. The smallest absolute Gasteiger partial charge is 0.246 e. The lowest BCUT2D eigenvalue weighted by molar-refractivity contribution is -0.375. The number of ether oxygens (including phenoxy) is 6. The summed E-state index contributed by atoms with van der Waals surface area (Å²) in [6, 6.07) is -10.1. The molecule has 5 heterocycles. The van der Waals surface area contributed by atoms with Gasteiger partial charge in [-0.1, -0.05) is 0 Å². The Hall–Kier alpha value is -5.41. The second-order valence-corrected chi connectivity index (χ2v) is 20.3. The molecule has 13 unspecified atom stereocenters. The van der Waals surface area contributed by atoms with Gasteiger partial charge >= 0.3 is 0 Å². The monoisotopic (exact) mass is 1170 g/mol. The van der Waals surface area contributed by atoms with Crippen LogP contribution in [0.3, 0.4) is 0 Å². The number of carbonyl (C=O) groups excluding carboxylic acids is 9. The number of nitrogens with zero attached hydrogens (tertiary/aromatic N) is 2. The Bertz CT molecular complexity index is 2220. The summed E-state index contributed by atoms with van der Waals surface area (Å²) in [4.78, 5) is 121. The molecule has 460 valence electrons. The highest BCUT2D eigenvalue weighted by Crippen LogP contribution is 2.34. The Labute approximate surface area is 463 Å². The average Bonchev–Trinajstić information content (AvgIpc) is 4.14. The van der Waals surface area contributed by atoms with Crippen molar-refractivity contribution in [2.24, 2.45) is 5.73 Å². The van der Waals surface area contributed by atoms with Gasteiger partial charge in [-0.25, -0.2) is 0 Å². The topological polar surface area (TPSA) is 516 Å². The van der Waals surface area contributed by atoms with Crippen molar-refractivity contribution < 1.29 is 123 Å². The first-order valence-corrected chi connectivity index (χ1v) is 26.3. The second-order valence-electron chi connectivity index (χ2n) is 20.3. The van der Waals surface area contributed by atoms with Crippen LogP contribution in [0.1, 0.15) is 60.3 Å². The van der Waals surface area contributed by atoms with E-state index in [2.05, 4.69) is 31.9 Å². The molecule has 9 amide bonds. The number of aliphatic hydroxyl groups is 10. The Morgan fingerprint density at radius 2 is 1.15 bits per heavy atom. The van der Waals surface area contributed by atoms with Crippen LogP contribution in [0, 0.1) is 0 Å². The Kier molecular flexibility index (Phi) is 24.4. The molecule has 81 heavy (non-hydrogen) atoms. The van der Waals surface area contributed by atoms with Gasteiger partial charge in [-0.3, -0.25) is 43.2 Å². The Morgan fingerprint density at radius 3 is 1.72 bits per heavy atom. The summed E-state index contributed by atoms with van der Waals surface area (Å²) in [6.45, 7) is 1.50. The van der Waals surface area contributed by atoms with Gasteiger partial charge in [-0.2, -0.15) is 0 Å². The van der Waals surface area contributed by atoms with Gasteiger partial charge in [-0.15, -0.1) is 0 Å². The Morgan fingerprint density at radius 1 is 0.605 bits per heavy atom. The second kappa shape index (κ2) is 29.7. The van der Waals surface area contributed by atoms with Gasteiger partial charge in [0.15, 0.2) is 18.9 Å². The molecule has 34 heteroatoms. The van der Waals surface area contributed by atoms with E-state index in [1.807, 2.05) is 0 Å². The Balaban J connectivity index is 1.42. The zero-order valence-electron chi connectivity index (χ0n) is 45.0. The molecule has 5 aliphatic rings. The van der Waals surface area contributed by atoms with Crippen molar-refractivity contribution in [3.63, 3.8) is 0 Å². The number of nitrogens with one attached hydrogen (secondary N) is 6. The van der Waals surface area contributed by atoms with E-state index >= 15 is 0 Å². The SMILES string of the molecule is CC(=O)NCC(=O)NC(CO)C(=O)NC(C(=O)NC(C)C(=O)N1CCCC1C(=O)N1CCCC1C(=O)NC(C)C(N)=O)C(C)O[C@H]1OC(CO)[C@H](O)[C@H](O[C@@H]2OC(CO)[C@H](O)[C@H](O[C@@H]3OC(CO)[C@H](O)[C@H](O)C3O)C2O)C1NC(C)=O. The van der Waals surface area contributed by atoms with Crippen LogP contribution < -0.4 is 37.6 Å². The van der Waals surface area contributed by atoms with Crippen LogP contribution in [0.25, 0.3) is 0 Å². The summed E-state index contributed by atoms with van der Waals surface area (Å²) in [5, 5.41) is 120. The van der Waals surface area contributed by atoms with E-state index in [1.54, 1.807) is 0 Å². The standard InChI is InChI=1S/C47H77N9O25/c1-17(39(48)70)50-41(72)23-8-6-10-55(23)44(75)24-9-7-11-56(24)43(74)18(2)51-42(73)29(54-40(71)22(13-57)53-28(63)12-49-20(4)61)19(3)76-45-30(52-21(5)62)37(32(65)26(15-59)77-45)80-47-36(69)38(33(66)27(16-60)79-47)81-46-35(68)34(67)31(64)25(14-58)78-46/h17-19,22-27,29-38,45-47,57-60,64-69H,6-16H2,1-5H3,(H2,48,70)(H,49,61)(H,50,72)(H,51,73)(H,52,62)(H,53,63)(H,54,71)/t17?,18?,19?,22?,23?,24?,25?,26?,27?,29?,30?,31-,32-,33-,34-,35?,36?,37+,38-,45-,46-,47-/m0/s1. The molecule has 34 nitrogen and oxygen atoms in total. The minimum atomic E-state index is -2.18. The molecule has 18 N–H and O–H groups in total. The van der Waals surface area contributed by atoms with Crippen LogP contribution in [0.15, 0.2) is 0 Å². The quantitative estimate of drug-likeness (QED) is 0.0427. The van der Waals surface area contributed by atoms with E-state index in [0.717, 1.165) is 13.8 Å². The highest BCUT2D eigenvalue weighted by Gasteiger charge is 2.55.